The molecule has 156 valence electrons. The second-order valence-corrected chi connectivity index (χ2v) is 7.94. The normalized spacial score (nSPS) is 14.4. The summed E-state index contributed by atoms with van der Waals surface area (Å²) in [7, 11) is 1.64. The maximum absolute atomic E-state index is 13.8. The van der Waals surface area contributed by atoms with E-state index in [2.05, 4.69) is 17.0 Å². The van der Waals surface area contributed by atoms with Crippen LogP contribution < -0.4 is 9.64 Å². The van der Waals surface area contributed by atoms with Gasteiger partial charge in [0.15, 0.2) is 5.65 Å². The van der Waals surface area contributed by atoms with Gasteiger partial charge in [0.1, 0.15) is 11.3 Å². The average Bonchev–Trinajstić information content (AvgIpc) is 3.58. The van der Waals surface area contributed by atoms with E-state index in [1.165, 1.54) is 0 Å². The number of hydrogen-bond donors (Lipinski definition) is 0. The quantitative estimate of drug-likeness (QED) is 0.454. The molecule has 31 heavy (non-hydrogen) atoms. The smallest absolute Gasteiger partial charge is 0.264 e. The molecule has 2 aromatic carbocycles. The molecule has 2 aromatic heterocycles. The number of benzene rings is 2. The van der Waals surface area contributed by atoms with Crippen molar-refractivity contribution in [2.75, 3.05) is 12.0 Å². The molecular formula is C25H24N4O2. The van der Waals surface area contributed by atoms with Crippen LogP contribution in [0.15, 0.2) is 73.1 Å². The van der Waals surface area contributed by atoms with E-state index in [1.54, 1.807) is 24.0 Å². The van der Waals surface area contributed by atoms with Gasteiger partial charge in [-0.15, -0.1) is 0 Å². The fourth-order valence-corrected chi connectivity index (χ4v) is 4.07. The molecule has 1 atom stereocenters. The van der Waals surface area contributed by atoms with Gasteiger partial charge in [-0.3, -0.25) is 4.79 Å². The van der Waals surface area contributed by atoms with Crippen molar-refractivity contribution in [2.24, 2.45) is 5.92 Å². The summed E-state index contributed by atoms with van der Waals surface area (Å²) < 4.78 is 7.03. The fraction of sp³-hybridized carbons (Fsp3) is 0.240. The highest BCUT2D eigenvalue weighted by molar-refractivity contribution is 6.10. The Morgan fingerprint density at radius 2 is 1.84 bits per heavy atom. The van der Waals surface area contributed by atoms with Crippen molar-refractivity contribution in [1.29, 1.82) is 0 Å². The molecule has 5 rings (SSSR count). The van der Waals surface area contributed by atoms with Gasteiger partial charge in [-0.1, -0.05) is 30.3 Å². The van der Waals surface area contributed by atoms with Crippen molar-refractivity contribution in [3.8, 4) is 17.0 Å². The maximum Gasteiger partial charge on any atom is 0.264 e. The Balaban J connectivity index is 1.58. The van der Waals surface area contributed by atoms with E-state index in [-0.39, 0.29) is 11.9 Å². The number of rotatable bonds is 6. The minimum absolute atomic E-state index is 0.0859. The molecule has 0 aliphatic heterocycles. The van der Waals surface area contributed by atoms with Crippen molar-refractivity contribution in [3.05, 3.63) is 78.6 Å². The summed E-state index contributed by atoms with van der Waals surface area (Å²) in [4.78, 5) is 20.2. The summed E-state index contributed by atoms with van der Waals surface area (Å²) in [5.41, 5.74) is 3.84. The summed E-state index contributed by atoms with van der Waals surface area (Å²) in [6.45, 7) is 2.12. The summed E-state index contributed by atoms with van der Waals surface area (Å²) in [5, 5.41) is 4.53. The van der Waals surface area contributed by atoms with E-state index in [0.717, 1.165) is 35.5 Å². The Hall–Kier alpha value is -3.67. The molecule has 4 aromatic rings. The van der Waals surface area contributed by atoms with Crippen LogP contribution in [0.1, 0.15) is 30.1 Å². The van der Waals surface area contributed by atoms with Crippen LogP contribution in [-0.2, 0) is 0 Å². The first-order chi connectivity index (χ1) is 15.2. The number of methoxy groups -OCH3 is 1. The van der Waals surface area contributed by atoms with Crippen LogP contribution in [0.3, 0.4) is 0 Å². The SMILES string of the molecule is COc1ccc(N(C(=O)c2cnn3c(-c4ccccc4)ccnc23)C(C)C2CC2)cc1. The monoisotopic (exact) mass is 412 g/mol. The van der Waals surface area contributed by atoms with Crippen molar-refractivity contribution >= 4 is 17.2 Å². The first-order valence-corrected chi connectivity index (χ1v) is 10.5. The molecule has 6 nitrogen and oxygen atoms in total. The lowest BCUT2D eigenvalue weighted by atomic mass is 10.1. The Morgan fingerprint density at radius 1 is 1.10 bits per heavy atom. The van der Waals surface area contributed by atoms with Crippen LogP contribution in [0, 0.1) is 5.92 Å². The number of carbonyl (C=O) groups excluding carboxylic acids is 1. The topological polar surface area (TPSA) is 59.7 Å². The van der Waals surface area contributed by atoms with Gasteiger partial charge in [0, 0.05) is 23.5 Å². The van der Waals surface area contributed by atoms with Gasteiger partial charge >= 0.3 is 0 Å². The van der Waals surface area contributed by atoms with E-state index in [0.29, 0.717) is 17.1 Å². The summed E-state index contributed by atoms with van der Waals surface area (Å²) in [5.74, 6) is 1.19. The molecule has 0 N–H and O–H groups in total. The van der Waals surface area contributed by atoms with Gasteiger partial charge in [-0.05, 0) is 56.0 Å². The third-order valence-electron chi connectivity index (χ3n) is 5.98. The molecule has 1 fully saturated rings. The number of hydrogen-bond acceptors (Lipinski definition) is 4. The number of ether oxygens (including phenoxy) is 1. The predicted molar refractivity (Wildman–Crippen MR) is 120 cm³/mol. The second-order valence-electron chi connectivity index (χ2n) is 7.94. The molecule has 2 heterocycles. The van der Waals surface area contributed by atoms with Crippen LogP contribution in [0.25, 0.3) is 16.9 Å². The molecule has 1 saturated carbocycles. The average molecular weight is 412 g/mol. The lowest BCUT2D eigenvalue weighted by molar-refractivity contribution is 0.0977. The zero-order chi connectivity index (χ0) is 21.4. The fourth-order valence-electron chi connectivity index (χ4n) is 4.07. The third-order valence-corrected chi connectivity index (χ3v) is 5.98. The van der Waals surface area contributed by atoms with E-state index in [1.807, 2.05) is 65.6 Å². The number of anilines is 1. The summed E-state index contributed by atoms with van der Waals surface area (Å²) in [6, 6.07) is 19.6. The summed E-state index contributed by atoms with van der Waals surface area (Å²) in [6.07, 6.45) is 5.66. The van der Waals surface area contributed by atoms with Crippen molar-refractivity contribution in [2.45, 2.75) is 25.8 Å². The third kappa shape index (κ3) is 3.54. The van der Waals surface area contributed by atoms with Gasteiger partial charge < -0.3 is 9.64 Å². The number of aromatic nitrogens is 3. The van der Waals surface area contributed by atoms with E-state index < -0.39 is 0 Å². The molecular weight excluding hydrogens is 388 g/mol. The van der Waals surface area contributed by atoms with Crippen molar-refractivity contribution < 1.29 is 9.53 Å². The zero-order valence-electron chi connectivity index (χ0n) is 17.6. The molecule has 6 heteroatoms. The van der Waals surface area contributed by atoms with Crippen LogP contribution in [0.4, 0.5) is 5.69 Å². The Bertz CT molecular complexity index is 1210. The summed E-state index contributed by atoms with van der Waals surface area (Å²) >= 11 is 0. The van der Waals surface area contributed by atoms with Crippen LogP contribution in [-0.4, -0.2) is 33.7 Å². The minimum atomic E-state index is -0.0859. The highest BCUT2D eigenvalue weighted by atomic mass is 16.5. The number of fused-ring (bicyclic) bond motifs is 1. The van der Waals surface area contributed by atoms with Gasteiger partial charge in [-0.2, -0.15) is 5.10 Å². The van der Waals surface area contributed by atoms with Gasteiger partial charge in [0.25, 0.3) is 5.91 Å². The first kappa shape index (κ1) is 19.3. The highest BCUT2D eigenvalue weighted by Gasteiger charge is 2.36. The van der Waals surface area contributed by atoms with Gasteiger partial charge in [0.2, 0.25) is 0 Å². The van der Waals surface area contributed by atoms with Crippen molar-refractivity contribution in [1.82, 2.24) is 14.6 Å². The molecule has 0 bridgehead atoms. The van der Waals surface area contributed by atoms with Crippen LogP contribution >= 0.6 is 0 Å². The first-order valence-electron chi connectivity index (χ1n) is 10.5. The minimum Gasteiger partial charge on any atom is -0.497 e. The highest BCUT2D eigenvalue weighted by Crippen LogP contribution is 2.38. The molecule has 1 amide bonds. The van der Waals surface area contributed by atoms with Gasteiger partial charge in [0.05, 0.1) is 19.0 Å². The molecule has 1 unspecified atom stereocenters. The van der Waals surface area contributed by atoms with Crippen LogP contribution in [0.5, 0.6) is 5.75 Å². The van der Waals surface area contributed by atoms with E-state index in [4.69, 9.17) is 4.74 Å². The molecule has 1 aliphatic rings. The zero-order valence-corrected chi connectivity index (χ0v) is 17.6. The maximum atomic E-state index is 13.8. The van der Waals surface area contributed by atoms with Gasteiger partial charge in [-0.25, -0.2) is 9.50 Å². The van der Waals surface area contributed by atoms with E-state index in [9.17, 15) is 4.79 Å². The standard InChI is InChI=1S/C25H24N4O2/c1-17(18-8-9-18)28(20-10-12-21(31-2)13-11-20)25(30)22-16-27-29-23(14-15-26-24(22)29)19-6-4-3-5-7-19/h3-7,10-18H,8-9H2,1-2H3. The Labute approximate surface area is 181 Å². The lowest BCUT2D eigenvalue weighted by Crippen LogP contribution is -2.40. The van der Waals surface area contributed by atoms with E-state index >= 15 is 0 Å². The number of nitrogens with zero attached hydrogens (tertiary/aromatic N) is 4. The molecule has 0 spiro atoms. The number of carbonyl (C=O) groups is 1. The lowest BCUT2D eigenvalue weighted by Gasteiger charge is -2.29. The largest absolute Gasteiger partial charge is 0.497 e. The van der Waals surface area contributed by atoms with Crippen LogP contribution in [0.2, 0.25) is 0 Å². The molecule has 1 aliphatic carbocycles. The second kappa shape index (κ2) is 7.87. The predicted octanol–water partition coefficient (Wildman–Crippen LogP) is 4.85. The molecule has 0 saturated heterocycles. The molecule has 0 radical (unpaired) electrons. The Morgan fingerprint density at radius 3 is 2.52 bits per heavy atom. The number of amides is 1. The van der Waals surface area contributed by atoms with Crippen molar-refractivity contribution in [3.63, 3.8) is 0 Å². The Kier molecular flexibility index (Phi) is 4.90.